The van der Waals surface area contributed by atoms with E-state index in [0.29, 0.717) is 12.5 Å². The molecular formula is C35H37N5O2. The molecule has 3 heterocycles. The summed E-state index contributed by atoms with van der Waals surface area (Å²) in [5.41, 5.74) is 7.27. The normalized spacial score (nSPS) is 19.1. The third kappa shape index (κ3) is 5.08. The van der Waals surface area contributed by atoms with Crippen molar-refractivity contribution in [2.45, 2.75) is 70.9 Å². The second-order valence-electron chi connectivity index (χ2n) is 12.8. The highest BCUT2D eigenvalue weighted by Gasteiger charge is 2.35. The smallest absolute Gasteiger partial charge is 0.410 e. The number of nitrogens with one attached hydrogen (secondary N) is 2. The fourth-order valence-electron chi connectivity index (χ4n) is 6.33. The molecule has 7 heteroatoms. The highest BCUT2D eigenvalue weighted by Crippen LogP contribution is 2.35. The number of amides is 1. The topological polar surface area (TPSA) is 86.9 Å². The Morgan fingerprint density at radius 3 is 2.43 bits per heavy atom. The lowest BCUT2D eigenvalue weighted by Crippen LogP contribution is -2.36. The fraction of sp³-hybridized carbons (Fsp3) is 0.343. The summed E-state index contributed by atoms with van der Waals surface area (Å²) in [7, 11) is 0. The Morgan fingerprint density at radius 2 is 1.67 bits per heavy atom. The van der Waals surface area contributed by atoms with Crippen LogP contribution in [0.2, 0.25) is 0 Å². The van der Waals surface area contributed by atoms with Crippen molar-refractivity contribution < 1.29 is 9.53 Å². The predicted octanol–water partition coefficient (Wildman–Crippen LogP) is 8.67. The molecule has 42 heavy (non-hydrogen) atoms. The van der Waals surface area contributed by atoms with Gasteiger partial charge in [-0.1, -0.05) is 42.0 Å². The first-order valence-corrected chi connectivity index (χ1v) is 15.0. The maximum Gasteiger partial charge on any atom is 0.410 e. The molecule has 0 unspecified atom stereocenters. The number of benzene rings is 3. The lowest BCUT2D eigenvalue weighted by Gasteiger charge is -2.27. The number of aromatic nitrogens is 4. The molecule has 7 rings (SSSR count). The Bertz CT molecular complexity index is 1840. The Morgan fingerprint density at radius 1 is 0.929 bits per heavy atom. The molecule has 0 saturated carbocycles. The van der Waals surface area contributed by atoms with Crippen LogP contribution >= 0.6 is 0 Å². The van der Waals surface area contributed by atoms with Gasteiger partial charge in [0.1, 0.15) is 17.2 Å². The molecule has 1 fully saturated rings. The Balaban J connectivity index is 1.13. The molecule has 0 radical (unpaired) electrons. The summed E-state index contributed by atoms with van der Waals surface area (Å²) in [6.45, 7) is 8.57. The molecule has 2 atom stereocenters. The first-order chi connectivity index (χ1) is 20.2. The van der Waals surface area contributed by atoms with Crippen molar-refractivity contribution in [3.8, 4) is 22.4 Å². The minimum atomic E-state index is -0.525. The molecule has 0 bridgehead atoms. The molecule has 2 aliphatic rings. The zero-order chi connectivity index (χ0) is 29.0. The van der Waals surface area contributed by atoms with E-state index in [1.165, 1.54) is 16.3 Å². The van der Waals surface area contributed by atoms with Gasteiger partial charge in [0, 0.05) is 18.0 Å². The number of fused-ring (bicyclic) bond motifs is 2. The number of allylic oxidation sites excluding steroid dienone is 2. The van der Waals surface area contributed by atoms with Gasteiger partial charge < -0.3 is 14.7 Å². The van der Waals surface area contributed by atoms with E-state index in [-0.39, 0.29) is 12.1 Å². The number of hydrogen-bond acceptors (Lipinski definition) is 4. The van der Waals surface area contributed by atoms with E-state index >= 15 is 0 Å². The summed E-state index contributed by atoms with van der Waals surface area (Å²) >= 11 is 0. The second-order valence-corrected chi connectivity index (χ2v) is 12.8. The minimum absolute atomic E-state index is 0.102. The van der Waals surface area contributed by atoms with Gasteiger partial charge in [0.15, 0.2) is 0 Å². The Hall–Kier alpha value is -4.39. The number of nitrogens with zero attached hydrogens (tertiary/aromatic N) is 3. The zero-order valence-corrected chi connectivity index (χ0v) is 24.7. The van der Waals surface area contributed by atoms with Gasteiger partial charge in [0.2, 0.25) is 0 Å². The molecule has 214 valence electrons. The average Bonchev–Trinajstić information content (AvgIpc) is 3.76. The highest BCUT2D eigenvalue weighted by molar-refractivity contribution is 5.91. The third-order valence-corrected chi connectivity index (χ3v) is 8.46. The summed E-state index contributed by atoms with van der Waals surface area (Å²) in [5.74, 6) is 2.27. The highest BCUT2D eigenvalue weighted by atomic mass is 16.6. The number of likely N-dealkylation sites (tertiary alicyclic amines) is 1. The lowest BCUT2D eigenvalue weighted by molar-refractivity contribution is 0.0219. The van der Waals surface area contributed by atoms with Gasteiger partial charge in [-0.2, -0.15) is 0 Å². The van der Waals surface area contributed by atoms with E-state index < -0.39 is 5.60 Å². The SMILES string of the molecule is CC1=C[C@@H](c2ncc(-c3ccc4cc(-c5ccc6nc([C@H]7CCCN7C(=O)OC(C)(C)C)[nH]c6c5)ccc4c3)[nH]2)CC1. The number of ether oxygens (including phenoxy) is 1. The van der Waals surface area contributed by atoms with E-state index in [1.807, 2.05) is 27.0 Å². The number of carbonyl (C=O) groups is 1. The number of imidazole rings is 2. The molecule has 2 aromatic heterocycles. The van der Waals surface area contributed by atoms with Crippen LogP contribution < -0.4 is 0 Å². The van der Waals surface area contributed by atoms with Crippen molar-refractivity contribution in [2.75, 3.05) is 6.54 Å². The predicted molar refractivity (Wildman–Crippen MR) is 167 cm³/mol. The molecule has 5 aromatic rings. The van der Waals surface area contributed by atoms with Crippen LogP contribution in [0.4, 0.5) is 4.79 Å². The van der Waals surface area contributed by atoms with Crippen LogP contribution in [0.5, 0.6) is 0 Å². The first-order valence-electron chi connectivity index (χ1n) is 15.0. The maximum absolute atomic E-state index is 12.8. The van der Waals surface area contributed by atoms with Crippen molar-refractivity contribution in [3.63, 3.8) is 0 Å². The van der Waals surface area contributed by atoms with Crippen LogP contribution in [0.15, 0.2) is 72.4 Å². The van der Waals surface area contributed by atoms with E-state index in [2.05, 4.69) is 82.5 Å². The summed E-state index contributed by atoms with van der Waals surface area (Å²) in [4.78, 5) is 31.2. The zero-order valence-electron chi connectivity index (χ0n) is 24.7. The van der Waals surface area contributed by atoms with Gasteiger partial charge in [-0.25, -0.2) is 14.8 Å². The van der Waals surface area contributed by atoms with Crippen LogP contribution in [-0.2, 0) is 4.74 Å². The van der Waals surface area contributed by atoms with E-state index in [4.69, 9.17) is 9.72 Å². The fourth-order valence-corrected chi connectivity index (χ4v) is 6.33. The van der Waals surface area contributed by atoms with Crippen LogP contribution in [-0.4, -0.2) is 43.1 Å². The van der Waals surface area contributed by atoms with Gasteiger partial charge in [0.25, 0.3) is 0 Å². The number of aromatic amines is 2. The Labute approximate surface area is 246 Å². The van der Waals surface area contributed by atoms with Crippen molar-refractivity contribution in [3.05, 3.63) is 84.1 Å². The molecule has 0 spiro atoms. The molecule has 2 N–H and O–H groups in total. The number of hydrogen-bond donors (Lipinski definition) is 2. The second kappa shape index (κ2) is 10.2. The van der Waals surface area contributed by atoms with Gasteiger partial charge in [-0.05, 0) is 99.5 Å². The van der Waals surface area contributed by atoms with E-state index in [0.717, 1.165) is 70.7 Å². The third-order valence-electron chi connectivity index (χ3n) is 8.46. The summed E-state index contributed by atoms with van der Waals surface area (Å²) < 4.78 is 5.66. The molecular weight excluding hydrogens is 522 g/mol. The molecule has 1 saturated heterocycles. The monoisotopic (exact) mass is 559 g/mol. The van der Waals surface area contributed by atoms with Crippen molar-refractivity contribution in [1.82, 2.24) is 24.8 Å². The minimum Gasteiger partial charge on any atom is -0.444 e. The van der Waals surface area contributed by atoms with Crippen LogP contribution in [0, 0.1) is 0 Å². The number of rotatable bonds is 4. The van der Waals surface area contributed by atoms with Crippen LogP contribution in [0.1, 0.15) is 77.0 Å². The van der Waals surface area contributed by atoms with Crippen LogP contribution in [0.25, 0.3) is 44.2 Å². The summed E-state index contributed by atoms with van der Waals surface area (Å²) in [6, 6.07) is 19.4. The van der Waals surface area contributed by atoms with Gasteiger partial charge >= 0.3 is 6.09 Å². The standard InChI is InChI=1S/C35H37N5O2/c1-21-7-8-27(16-21)32-36-20-30(39-32)26-12-11-22-17-23(9-10-24(22)18-26)25-13-14-28-29(19-25)38-33(37-28)31-6-5-15-40(31)34(41)42-35(2,3)4/h9-14,16-20,27,31H,5-8,15H2,1-4H3,(H,36,39)(H,37,38)/t27-,31+/m0/s1. The number of carbonyl (C=O) groups excluding carboxylic acids is 1. The first kappa shape index (κ1) is 26.5. The van der Waals surface area contributed by atoms with E-state index in [1.54, 1.807) is 4.90 Å². The quantitative estimate of drug-likeness (QED) is 0.216. The molecule has 1 aliphatic carbocycles. The Kier molecular flexibility index (Phi) is 6.41. The summed E-state index contributed by atoms with van der Waals surface area (Å²) in [6.07, 6.45) is 8.11. The van der Waals surface area contributed by atoms with Crippen LogP contribution in [0.3, 0.4) is 0 Å². The summed E-state index contributed by atoms with van der Waals surface area (Å²) in [5, 5.41) is 2.38. The molecule has 7 nitrogen and oxygen atoms in total. The average molecular weight is 560 g/mol. The van der Waals surface area contributed by atoms with Crippen molar-refractivity contribution >= 4 is 27.9 Å². The molecule has 1 aliphatic heterocycles. The van der Waals surface area contributed by atoms with Gasteiger partial charge in [-0.15, -0.1) is 0 Å². The van der Waals surface area contributed by atoms with E-state index in [9.17, 15) is 4.79 Å². The largest absolute Gasteiger partial charge is 0.444 e. The van der Waals surface area contributed by atoms with Gasteiger partial charge in [0.05, 0.1) is 29.0 Å². The maximum atomic E-state index is 12.8. The molecule has 3 aromatic carbocycles. The van der Waals surface area contributed by atoms with Crippen molar-refractivity contribution in [1.29, 1.82) is 0 Å². The number of H-pyrrole nitrogens is 2. The van der Waals surface area contributed by atoms with Gasteiger partial charge in [-0.3, -0.25) is 4.90 Å². The molecule has 1 amide bonds. The lowest BCUT2D eigenvalue weighted by atomic mass is 9.99. The van der Waals surface area contributed by atoms with Crippen molar-refractivity contribution in [2.24, 2.45) is 0 Å².